The van der Waals surface area contributed by atoms with Crippen LogP contribution in [0.5, 0.6) is 0 Å². The summed E-state index contributed by atoms with van der Waals surface area (Å²) in [5.74, 6) is 0.0313. The molecule has 1 aliphatic rings. The van der Waals surface area contributed by atoms with Crippen LogP contribution >= 0.6 is 23.2 Å². The van der Waals surface area contributed by atoms with Gasteiger partial charge in [-0.25, -0.2) is 12.7 Å². The summed E-state index contributed by atoms with van der Waals surface area (Å²) in [6, 6.07) is 4.55. The second-order valence-electron chi connectivity index (χ2n) is 5.36. The molecule has 1 aromatic heterocycles. The zero-order valence-corrected chi connectivity index (χ0v) is 14.2. The lowest BCUT2D eigenvalue weighted by Crippen LogP contribution is -2.22. The van der Waals surface area contributed by atoms with Crippen LogP contribution in [0.25, 0.3) is 11.0 Å². The van der Waals surface area contributed by atoms with Gasteiger partial charge in [-0.3, -0.25) is 0 Å². The molecule has 0 unspecified atom stereocenters. The lowest BCUT2D eigenvalue weighted by Gasteiger charge is -2.11. The van der Waals surface area contributed by atoms with Gasteiger partial charge in [-0.1, -0.05) is 4.85 Å². The lowest BCUT2D eigenvalue weighted by molar-refractivity contribution is 0.0792. The Kier molecular flexibility index (Phi) is 3.75. The van der Waals surface area contributed by atoms with E-state index in [1.54, 1.807) is 6.07 Å². The summed E-state index contributed by atoms with van der Waals surface area (Å²) in [6.45, 7) is 0.288. The molecule has 1 aliphatic carbocycles. The van der Waals surface area contributed by atoms with Gasteiger partial charge in [0.1, 0.15) is 22.0 Å². The molecule has 0 radical (unpaired) electrons. The van der Waals surface area contributed by atoms with E-state index >= 15 is 0 Å². The monoisotopic (exact) mass is 364 g/mol. The first-order chi connectivity index (χ1) is 10.2. The van der Waals surface area contributed by atoms with E-state index in [9.17, 15) is 8.42 Å². The van der Waals surface area contributed by atoms with E-state index in [4.69, 9.17) is 28.0 Å². The number of benzene rings is 1. The van der Waals surface area contributed by atoms with Gasteiger partial charge in [0, 0.05) is 20.0 Å². The summed E-state index contributed by atoms with van der Waals surface area (Å²) in [7, 11) is -0.591. The summed E-state index contributed by atoms with van der Waals surface area (Å²) < 4.78 is 24.7. The molecule has 0 bridgehead atoms. The molecule has 22 heavy (non-hydrogen) atoms. The minimum absolute atomic E-state index is 0.0313. The zero-order chi connectivity index (χ0) is 16.1. The molecular weight excluding hydrogens is 351 g/mol. The fourth-order valence-corrected chi connectivity index (χ4v) is 3.38. The van der Waals surface area contributed by atoms with Crippen LogP contribution in [0.3, 0.4) is 0 Å². The molecule has 1 saturated carbocycles. The molecule has 2 aromatic rings. The van der Waals surface area contributed by atoms with Crippen LogP contribution in [0.2, 0.25) is 0 Å². The van der Waals surface area contributed by atoms with Crippen molar-refractivity contribution in [1.82, 2.24) is 19.5 Å². The van der Waals surface area contributed by atoms with Crippen LogP contribution in [0.1, 0.15) is 6.42 Å². The van der Waals surface area contributed by atoms with Crippen molar-refractivity contribution in [2.75, 3.05) is 20.7 Å². The van der Waals surface area contributed by atoms with Gasteiger partial charge in [-0.05, 0) is 29.8 Å². The van der Waals surface area contributed by atoms with Crippen molar-refractivity contribution in [2.45, 2.75) is 15.6 Å². The maximum atomic E-state index is 12.2. The first-order valence-electron chi connectivity index (χ1n) is 6.51. The zero-order valence-electron chi connectivity index (χ0n) is 11.9. The molecule has 0 spiro atoms. The highest BCUT2D eigenvalue weighted by molar-refractivity contribution is 7.89. The van der Waals surface area contributed by atoms with Crippen LogP contribution in [-0.4, -0.2) is 52.9 Å². The summed E-state index contributed by atoms with van der Waals surface area (Å²) in [4.78, 5) is 6.86. The normalized spacial score (nSPS) is 20.5. The number of alkyl halides is 2. The predicted molar refractivity (Wildman–Crippen MR) is 82.4 cm³/mol. The van der Waals surface area contributed by atoms with Crippen LogP contribution in [-0.2, 0) is 10.0 Å². The van der Waals surface area contributed by atoms with Gasteiger partial charge in [-0.15, -0.1) is 28.3 Å². The fraction of sp³-hybridized carbons (Fsp3) is 0.500. The molecule has 0 N–H and O–H groups in total. The maximum absolute atomic E-state index is 12.2. The molecule has 1 fully saturated rings. The minimum atomic E-state index is -3.53. The Labute approximate surface area is 137 Å². The number of hydrogen-bond acceptors (Lipinski definition) is 5. The summed E-state index contributed by atoms with van der Waals surface area (Å²) in [6.07, 6.45) is 0.656. The Hall–Kier alpha value is -1.09. The number of aromatic nitrogens is 3. The molecule has 1 heterocycles. The average Bonchev–Trinajstić information content (AvgIpc) is 2.88. The van der Waals surface area contributed by atoms with Crippen molar-refractivity contribution in [2.24, 2.45) is 5.92 Å². The van der Waals surface area contributed by atoms with Gasteiger partial charge in [0.2, 0.25) is 10.0 Å². The van der Waals surface area contributed by atoms with E-state index in [1.807, 2.05) is 0 Å². The van der Waals surface area contributed by atoms with Gasteiger partial charge in [0.25, 0.3) is 0 Å². The topological polar surface area (TPSA) is 77.3 Å². The minimum Gasteiger partial charge on any atom is -0.395 e. The van der Waals surface area contributed by atoms with Gasteiger partial charge in [-0.2, -0.15) is 0 Å². The Balaban J connectivity index is 1.89. The molecule has 1 atom stereocenters. The lowest BCUT2D eigenvalue weighted by atomic mass is 10.3. The first kappa shape index (κ1) is 15.8. The summed E-state index contributed by atoms with van der Waals surface area (Å²) in [5.41, 5.74) is 1.01. The third-order valence-electron chi connectivity index (χ3n) is 3.52. The van der Waals surface area contributed by atoms with Gasteiger partial charge in [0.15, 0.2) is 0 Å². The van der Waals surface area contributed by atoms with Crippen LogP contribution in [0.15, 0.2) is 23.1 Å². The quantitative estimate of drug-likeness (QED) is 0.747. The molecule has 0 amide bonds. The predicted octanol–water partition coefficient (Wildman–Crippen LogP) is 1.30. The van der Waals surface area contributed by atoms with E-state index in [-0.39, 0.29) is 17.4 Å². The van der Waals surface area contributed by atoms with Crippen molar-refractivity contribution >= 4 is 44.3 Å². The van der Waals surface area contributed by atoms with Gasteiger partial charge >= 0.3 is 0 Å². The molecule has 120 valence electrons. The number of sulfonamides is 1. The molecule has 7 nitrogen and oxygen atoms in total. The molecular formula is C12H14Cl2N4O3S. The molecule has 1 aromatic carbocycles. The Morgan fingerprint density at radius 2 is 2.14 bits per heavy atom. The molecule has 10 heteroatoms. The van der Waals surface area contributed by atoms with Crippen LogP contribution in [0, 0.1) is 5.92 Å². The number of halogens is 2. The molecule has 0 saturated heterocycles. The van der Waals surface area contributed by atoms with E-state index < -0.39 is 14.4 Å². The summed E-state index contributed by atoms with van der Waals surface area (Å²) in [5, 5.41) is 7.80. The van der Waals surface area contributed by atoms with Crippen molar-refractivity contribution in [3.05, 3.63) is 18.2 Å². The average molecular weight is 365 g/mol. The van der Waals surface area contributed by atoms with Crippen molar-refractivity contribution in [3.63, 3.8) is 0 Å². The first-order valence-corrected chi connectivity index (χ1v) is 8.70. The SMILES string of the molecule is CN(C)S(=O)(=O)c1ccc2nnn(OC[C@H]3CC3(Cl)Cl)c2c1. The number of nitrogens with zero attached hydrogens (tertiary/aromatic N) is 4. The van der Waals surface area contributed by atoms with E-state index in [0.29, 0.717) is 17.5 Å². The smallest absolute Gasteiger partial charge is 0.242 e. The number of hydrogen-bond donors (Lipinski definition) is 0. The van der Waals surface area contributed by atoms with E-state index in [1.165, 1.54) is 31.1 Å². The highest BCUT2D eigenvalue weighted by Crippen LogP contribution is 2.52. The van der Waals surface area contributed by atoms with Gasteiger partial charge < -0.3 is 4.84 Å². The number of rotatable bonds is 5. The highest BCUT2D eigenvalue weighted by atomic mass is 35.5. The third-order valence-corrected chi connectivity index (χ3v) is 6.26. The van der Waals surface area contributed by atoms with Gasteiger partial charge in [0.05, 0.1) is 4.90 Å². The van der Waals surface area contributed by atoms with Crippen molar-refractivity contribution in [3.8, 4) is 0 Å². The Morgan fingerprint density at radius 3 is 2.73 bits per heavy atom. The van der Waals surface area contributed by atoms with Crippen LogP contribution < -0.4 is 4.84 Å². The van der Waals surface area contributed by atoms with Crippen molar-refractivity contribution in [1.29, 1.82) is 0 Å². The largest absolute Gasteiger partial charge is 0.395 e. The second-order valence-corrected chi connectivity index (χ2v) is 9.05. The number of fused-ring (bicyclic) bond motifs is 1. The molecule has 0 aliphatic heterocycles. The second kappa shape index (κ2) is 5.23. The standard InChI is InChI=1S/C12H14Cl2N4O3S/c1-17(2)22(19,20)9-3-4-10-11(5-9)18(16-15-10)21-7-8-6-12(8,13)14/h3-5,8H,6-7H2,1-2H3/t8-/m1/s1. The van der Waals surface area contributed by atoms with Crippen molar-refractivity contribution < 1.29 is 13.3 Å². The molecule has 3 rings (SSSR count). The Morgan fingerprint density at radius 1 is 1.45 bits per heavy atom. The van der Waals surface area contributed by atoms with E-state index in [0.717, 1.165) is 4.31 Å². The summed E-state index contributed by atoms with van der Waals surface area (Å²) >= 11 is 11.9. The van der Waals surface area contributed by atoms with Crippen LogP contribution in [0.4, 0.5) is 0 Å². The third kappa shape index (κ3) is 2.76. The fourth-order valence-electron chi connectivity index (χ4n) is 1.96. The highest BCUT2D eigenvalue weighted by Gasteiger charge is 2.52. The van der Waals surface area contributed by atoms with E-state index in [2.05, 4.69) is 10.3 Å². The Bertz CT molecular complexity index is 819. The maximum Gasteiger partial charge on any atom is 0.242 e.